The number of benzene rings is 2. The fourth-order valence-corrected chi connectivity index (χ4v) is 4.35. The third-order valence-electron chi connectivity index (χ3n) is 3.82. The zero-order valence-electron chi connectivity index (χ0n) is 10.7. The van der Waals surface area contributed by atoms with Crippen molar-refractivity contribution in [1.29, 1.82) is 0 Å². The Bertz CT molecular complexity index is 646. The number of halogens is 2. The molecule has 2 nitrogen and oxygen atoms in total. The molecule has 2 aromatic rings. The van der Waals surface area contributed by atoms with Gasteiger partial charge in [0.2, 0.25) is 0 Å². The minimum atomic E-state index is -0.891. The van der Waals surface area contributed by atoms with Crippen LogP contribution in [0.15, 0.2) is 54.6 Å². The van der Waals surface area contributed by atoms with Crippen LogP contribution in [0.2, 0.25) is 0 Å². The van der Waals surface area contributed by atoms with Crippen LogP contribution in [0.1, 0.15) is 16.7 Å². The summed E-state index contributed by atoms with van der Waals surface area (Å²) < 4.78 is 2.03. The molecule has 3 rings (SSSR count). The number of rotatable bonds is 2. The van der Waals surface area contributed by atoms with Gasteiger partial charge in [0, 0.05) is 29.4 Å². The smallest absolute Gasteiger partial charge is 0.251 e. The third kappa shape index (κ3) is 2.00. The van der Waals surface area contributed by atoms with Crippen molar-refractivity contribution in [3.8, 4) is 0 Å². The molecule has 1 heterocycles. The zero-order valence-corrected chi connectivity index (χ0v) is 13.6. The lowest BCUT2D eigenvalue weighted by Crippen LogP contribution is -2.50. The molecule has 1 atom stereocenters. The molecule has 0 aliphatic carbocycles. The van der Waals surface area contributed by atoms with Crippen LogP contribution >= 0.6 is 34.5 Å². The Balaban J connectivity index is 2.33. The molecule has 102 valence electrons. The van der Waals surface area contributed by atoms with Crippen molar-refractivity contribution in [3.05, 3.63) is 71.3 Å². The van der Waals surface area contributed by atoms with Crippen molar-refractivity contribution >= 4 is 39.7 Å². The van der Waals surface area contributed by atoms with E-state index in [1.807, 2.05) is 51.6 Å². The lowest BCUT2D eigenvalue weighted by molar-refractivity contribution is -0.118. The van der Waals surface area contributed by atoms with Gasteiger partial charge in [0.15, 0.2) is 5.54 Å². The van der Waals surface area contributed by atoms with Crippen LogP contribution in [-0.4, -0.2) is 14.9 Å². The van der Waals surface area contributed by atoms with E-state index in [0.717, 1.165) is 24.1 Å². The van der Waals surface area contributed by atoms with Crippen molar-refractivity contribution in [2.75, 3.05) is 6.54 Å². The Morgan fingerprint density at radius 2 is 1.75 bits per heavy atom. The van der Waals surface area contributed by atoms with Gasteiger partial charge in [0.1, 0.15) is 0 Å². The standard InChI is InChI=1S/C16H13ClINO/c17-15(20)16(13-7-2-1-3-8-13)14-9-5-4-6-12(14)10-11-19(16)18/h1-9H,10-11H2/t16-/m0/s1. The molecule has 0 radical (unpaired) electrons. The molecule has 0 amide bonds. The summed E-state index contributed by atoms with van der Waals surface area (Å²) in [5, 5.41) is -0.356. The molecule has 0 aromatic heterocycles. The molecule has 0 bridgehead atoms. The highest BCUT2D eigenvalue weighted by molar-refractivity contribution is 14.1. The molecule has 0 unspecified atom stereocenters. The van der Waals surface area contributed by atoms with Crippen molar-refractivity contribution in [2.24, 2.45) is 0 Å². The van der Waals surface area contributed by atoms with Gasteiger partial charge in [-0.25, -0.2) is 3.11 Å². The first-order chi connectivity index (χ1) is 9.67. The van der Waals surface area contributed by atoms with E-state index in [-0.39, 0.29) is 5.24 Å². The highest BCUT2D eigenvalue weighted by Crippen LogP contribution is 2.44. The Morgan fingerprint density at radius 3 is 2.45 bits per heavy atom. The van der Waals surface area contributed by atoms with Gasteiger partial charge in [-0.3, -0.25) is 4.79 Å². The summed E-state index contributed by atoms with van der Waals surface area (Å²) in [7, 11) is 0. The van der Waals surface area contributed by atoms with Crippen LogP contribution in [0.4, 0.5) is 0 Å². The van der Waals surface area contributed by atoms with Crippen LogP contribution < -0.4 is 0 Å². The first-order valence-electron chi connectivity index (χ1n) is 6.44. The second-order valence-electron chi connectivity index (χ2n) is 4.84. The molecule has 1 aliphatic heterocycles. The predicted molar refractivity (Wildman–Crippen MR) is 89.0 cm³/mol. The van der Waals surface area contributed by atoms with Crippen LogP contribution in [-0.2, 0) is 16.8 Å². The van der Waals surface area contributed by atoms with E-state index in [9.17, 15) is 4.79 Å². The first kappa shape index (κ1) is 14.0. The summed E-state index contributed by atoms with van der Waals surface area (Å²) in [6.07, 6.45) is 0.928. The maximum absolute atomic E-state index is 12.4. The Kier molecular flexibility index (Phi) is 3.84. The maximum Gasteiger partial charge on any atom is 0.251 e. The number of hydrogen-bond acceptors (Lipinski definition) is 2. The van der Waals surface area contributed by atoms with Gasteiger partial charge in [-0.1, -0.05) is 54.6 Å². The molecular formula is C16H13ClINO. The third-order valence-corrected chi connectivity index (χ3v) is 5.30. The van der Waals surface area contributed by atoms with Gasteiger partial charge in [-0.15, -0.1) is 0 Å². The van der Waals surface area contributed by atoms with E-state index in [2.05, 4.69) is 28.9 Å². The summed E-state index contributed by atoms with van der Waals surface area (Å²) in [6, 6.07) is 17.8. The van der Waals surface area contributed by atoms with Gasteiger partial charge in [-0.05, 0) is 34.7 Å². The molecule has 0 saturated heterocycles. The number of hydrogen-bond donors (Lipinski definition) is 0. The molecule has 0 spiro atoms. The topological polar surface area (TPSA) is 20.3 Å². The van der Waals surface area contributed by atoms with Crippen LogP contribution in [0.3, 0.4) is 0 Å². The quantitative estimate of drug-likeness (QED) is 0.435. The number of carbonyl (C=O) groups excluding carboxylic acids is 1. The fraction of sp³-hybridized carbons (Fsp3) is 0.188. The second-order valence-corrected chi connectivity index (χ2v) is 6.35. The summed E-state index contributed by atoms with van der Waals surface area (Å²) in [5.74, 6) is 0. The normalized spacial score (nSPS) is 22.3. The predicted octanol–water partition coefficient (Wildman–Crippen LogP) is 3.90. The average Bonchev–Trinajstić information content (AvgIpc) is 2.48. The van der Waals surface area contributed by atoms with Crippen LogP contribution in [0, 0.1) is 0 Å². The SMILES string of the molecule is O=C(Cl)[C@]1(c2ccccc2)c2ccccc2CCN1I. The van der Waals surface area contributed by atoms with Crippen molar-refractivity contribution in [3.63, 3.8) is 0 Å². The van der Waals surface area contributed by atoms with Gasteiger partial charge >= 0.3 is 0 Å². The Labute approximate surface area is 137 Å². The molecule has 0 saturated carbocycles. The van der Waals surface area contributed by atoms with Gasteiger partial charge < -0.3 is 0 Å². The minimum Gasteiger partial charge on any atom is -0.278 e. The van der Waals surface area contributed by atoms with E-state index in [4.69, 9.17) is 11.6 Å². The molecule has 4 heteroatoms. The summed E-state index contributed by atoms with van der Waals surface area (Å²) in [4.78, 5) is 12.4. The highest BCUT2D eigenvalue weighted by Gasteiger charge is 2.48. The average molecular weight is 398 g/mol. The second kappa shape index (κ2) is 5.47. The van der Waals surface area contributed by atoms with E-state index >= 15 is 0 Å². The van der Waals surface area contributed by atoms with Crippen molar-refractivity contribution in [1.82, 2.24) is 3.11 Å². The largest absolute Gasteiger partial charge is 0.278 e. The maximum atomic E-state index is 12.4. The highest BCUT2D eigenvalue weighted by atomic mass is 127. The van der Waals surface area contributed by atoms with Gasteiger partial charge in [0.25, 0.3) is 5.24 Å². The Morgan fingerprint density at radius 1 is 1.10 bits per heavy atom. The fourth-order valence-electron chi connectivity index (χ4n) is 2.90. The summed E-state index contributed by atoms with van der Waals surface area (Å²) in [6.45, 7) is 0.797. The first-order valence-corrected chi connectivity index (χ1v) is 7.79. The summed E-state index contributed by atoms with van der Waals surface area (Å²) >= 11 is 8.30. The molecule has 0 N–H and O–H groups in total. The van der Waals surface area contributed by atoms with Crippen LogP contribution in [0.5, 0.6) is 0 Å². The van der Waals surface area contributed by atoms with Crippen molar-refractivity contribution < 1.29 is 4.79 Å². The monoisotopic (exact) mass is 397 g/mol. The van der Waals surface area contributed by atoms with E-state index in [1.165, 1.54) is 5.56 Å². The lowest BCUT2D eigenvalue weighted by Gasteiger charge is -2.42. The molecule has 20 heavy (non-hydrogen) atoms. The molecule has 0 fully saturated rings. The molecule has 1 aliphatic rings. The van der Waals surface area contributed by atoms with Gasteiger partial charge in [-0.2, -0.15) is 0 Å². The van der Waals surface area contributed by atoms with E-state index in [0.29, 0.717) is 0 Å². The number of carbonyl (C=O) groups is 1. The lowest BCUT2D eigenvalue weighted by atomic mass is 9.78. The number of nitrogens with zero attached hydrogens (tertiary/aromatic N) is 1. The van der Waals surface area contributed by atoms with E-state index < -0.39 is 5.54 Å². The zero-order chi connectivity index (χ0) is 14.2. The van der Waals surface area contributed by atoms with Crippen LogP contribution in [0.25, 0.3) is 0 Å². The Hall–Kier alpha value is -0.910. The molecule has 2 aromatic carbocycles. The van der Waals surface area contributed by atoms with Gasteiger partial charge in [0.05, 0.1) is 0 Å². The number of fused-ring (bicyclic) bond motifs is 1. The minimum absolute atomic E-state index is 0.356. The molecular weight excluding hydrogens is 385 g/mol. The van der Waals surface area contributed by atoms with Crippen molar-refractivity contribution in [2.45, 2.75) is 12.0 Å². The summed E-state index contributed by atoms with van der Waals surface area (Å²) in [5.41, 5.74) is 2.21. The van der Waals surface area contributed by atoms with E-state index in [1.54, 1.807) is 0 Å².